The minimum Gasteiger partial charge on any atom is -0.479 e. The van der Waals surface area contributed by atoms with E-state index in [1.54, 1.807) is 23.3 Å². The summed E-state index contributed by atoms with van der Waals surface area (Å²) in [4.78, 5) is 29.2. The average Bonchev–Trinajstić information content (AvgIpc) is 2.90. The van der Waals surface area contributed by atoms with Crippen molar-refractivity contribution in [1.82, 2.24) is 10.4 Å². The largest absolute Gasteiger partial charge is 0.479 e. The van der Waals surface area contributed by atoms with Gasteiger partial charge in [-0.15, -0.1) is 0 Å². The molecular weight excluding hydrogens is 466 g/mol. The number of nitriles is 1. The Morgan fingerprint density at radius 1 is 0.892 bits per heavy atom. The number of hydrogen-bond acceptors (Lipinski definition) is 5. The van der Waals surface area contributed by atoms with Crippen LogP contribution in [-0.4, -0.2) is 35.2 Å². The van der Waals surface area contributed by atoms with Crippen LogP contribution in [0.5, 0.6) is 0 Å². The van der Waals surface area contributed by atoms with E-state index in [-0.39, 0.29) is 5.91 Å². The number of nitrogens with zero attached hydrogens (tertiary/aromatic N) is 2. The molecule has 0 aromatic heterocycles. The van der Waals surface area contributed by atoms with Gasteiger partial charge in [-0.25, -0.2) is 4.79 Å². The fourth-order valence-corrected chi connectivity index (χ4v) is 4.11. The number of carbonyl (C=O) groups excluding carboxylic acids is 1. The number of benzene rings is 2. The molecule has 0 radical (unpaired) electrons. The van der Waals surface area contributed by atoms with Crippen LogP contribution in [0.3, 0.4) is 0 Å². The van der Waals surface area contributed by atoms with E-state index in [4.69, 9.17) is 15.2 Å². The Labute approximate surface area is 221 Å². The molecule has 7 nitrogen and oxygen atoms in total. The summed E-state index contributed by atoms with van der Waals surface area (Å²) in [5.74, 6) is -1.17. The van der Waals surface area contributed by atoms with E-state index < -0.39 is 12.6 Å². The third-order valence-electron chi connectivity index (χ3n) is 6.18. The highest BCUT2D eigenvalue weighted by Crippen LogP contribution is 2.14. The van der Waals surface area contributed by atoms with Gasteiger partial charge in [-0.3, -0.25) is 9.63 Å². The summed E-state index contributed by atoms with van der Waals surface area (Å²) in [6, 6.07) is 16.4. The van der Waals surface area contributed by atoms with Crippen molar-refractivity contribution < 1.29 is 19.5 Å². The van der Waals surface area contributed by atoms with E-state index in [1.807, 2.05) is 30.3 Å². The number of carboxylic acid groups (broad SMARTS) is 1. The van der Waals surface area contributed by atoms with Crippen LogP contribution in [0, 0.1) is 11.3 Å². The molecule has 2 N–H and O–H groups in total. The lowest BCUT2D eigenvalue weighted by atomic mass is 10.1. The second kappa shape index (κ2) is 18.1. The van der Waals surface area contributed by atoms with Gasteiger partial charge in [0.2, 0.25) is 0 Å². The molecule has 0 aliphatic heterocycles. The molecular formula is C30H41N3O4. The van der Waals surface area contributed by atoms with E-state index in [1.165, 1.54) is 51.4 Å². The topological polar surface area (TPSA) is 103 Å². The maximum atomic E-state index is 12.6. The first-order valence-electron chi connectivity index (χ1n) is 13.5. The van der Waals surface area contributed by atoms with Gasteiger partial charge in [0.15, 0.2) is 6.61 Å². The summed E-state index contributed by atoms with van der Waals surface area (Å²) >= 11 is 0. The molecule has 0 atom stereocenters. The van der Waals surface area contributed by atoms with Gasteiger partial charge in [-0.05, 0) is 41.8 Å². The zero-order chi connectivity index (χ0) is 26.7. The Morgan fingerprint density at radius 3 is 2.14 bits per heavy atom. The van der Waals surface area contributed by atoms with E-state index in [2.05, 4.69) is 18.3 Å². The van der Waals surface area contributed by atoms with Crippen molar-refractivity contribution in [2.24, 2.45) is 0 Å². The standard InChI is InChI=1S/C30H41N3O4/c1-2-3-4-5-6-7-8-9-10-11-19-32-30(36)28-14-12-13-27(20-28)23-33(37-24-29(34)35)22-26-17-15-25(21-31)16-18-26/h12-18,20H,2-11,19,22-24H2,1H3,(H,32,36)(H,34,35). The summed E-state index contributed by atoms with van der Waals surface area (Å²) in [6.07, 6.45) is 12.6. The summed E-state index contributed by atoms with van der Waals surface area (Å²) in [6.45, 7) is 3.09. The van der Waals surface area contributed by atoms with Gasteiger partial charge in [0.1, 0.15) is 0 Å². The van der Waals surface area contributed by atoms with Crippen LogP contribution in [0.2, 0.25) is 0 Å². The number of rotatable bonds is 19. The fourth-order valence-electron chi connectivity index (χ4n) is 4.11. The van der Waals surface area contributed by atoms with Crippen LogP contribution in [0.4, 0.5) is 0 Å². The van der Waals surface area contributed by atoms with Gasteiger partial charge < -0.3 is 10.4 Å². The second-order valence-electron chi connectivity index (χ2n) is 9.41. The van der Waals surface area contributed by atoms with Crippen LogP contribution in [0.25, 0.3) is 0 Å². The molecule has 0 aliphatic rings. The third-order valence-corrected chi connectivity index (χ3v) is 6.18. The summed E-state index contributed by atoms with van der Waals surface area (Å²) in [7, 11) is 0. The number of aliphatic carboxylic acids is 1. The van der Waals surface area contributed by atoms with Crippen molar-refractivity contribution in [3.8, 4) is 6.07 Å². The van der Waals surface area contributed by atoms with Crippen molar-refractivity contribution in [3.63, 3.8) is 0 Å². The summed E-state index contributed by atoms with van der Waals surface area (Å²) < 4.78 is 0. The number of nitrogens with one attached hydrogen (secondary N) is 1. The van der Waals surface area contributed by atoms with Gasteiger partial charge in [0, 0.05) is 25.2 Å². The Morgan fingerprint density at radius 2 is 1.51 bits per heavy atom. The molecule has 2 aromatic carbocycles. The first-order valence-corrected chi connectivity index (χ1v) is 13.5. The number of hydroxylamine groups is 2. The highest BCUT2D eigenvalue weighted by atomic mass is 16.7. The SMILES string of the molecule is CCCCCCCCCCCCNC(=O)c1cccc(CN(Cc2ccc(C#N)cc2)OCC(=O)O)c1. The maximum absolute atomic E-state index is 12.6. The third kappa shape index (κ3) is 13.1. The summed E-state index contributed by atoms with van der Waals surface area (Å²) in [5.41, 5.74) is 2.85. The van der Waals surface area contributed by atoms with Crippen molar-refractivity contribution >= 4 is 11.9 Å². The lowest BCUT2D eigenvalue weighted by molar-refractivity contribution is -0.190. The molecule has 0 aliphatic carbocycles. The Bertz CT molecular complexity index is 985. The first-order chi connectivity index (χ1) is 18.0. The quantitative estimate of drug-likeness (QED) is 0.173. The van der Waals surface area contributed by atoms with Gasteiger partial charge in [0.05, 0.1) is 11.6 Å². The zero-order valence-corrected chi connectivity index (χ0v) is 22.1. The van der Waals surface area contributed by atoms with Crippen molar-refractivity contribution in [2.45, 2.75) is 84.2 Å². The van der Waals surface area contributed by atoms with Crippen LogP contribution < -0.4 is 5.32 Å². The highest BCUT2D eigenvalue weighted by Gasteiger charge is 2.12. The molecule has 0 bridgehead atoms. The van der Waals surface area contributed by atoms with Crippen LogP contribution in [0.1, 0.15) is 98.2 Å². The molecule has 200 valence electrons. The number of carboxylic acids is 1. The van der Waals surface area contributed by atoms with Crippen LogP contribution in [-0.2, 0) is 22.7 Å². The molecule has 37 heavy (non-hydrogen) atoms. The van der Waals surface area contributed by atoms with E-state index >= 15 is 0 Å². The Balaban J connectivity index is 1.79. The minimum atomic E-state index is -1.06. The monoisotopic (exact) mass is 507 g/mol. The smallest absolute Gasteiger partial charge is 0.331 e. The molecule has 2 aromatic rings. The number of unbranched alkanes of at least 4 members (excludes halogenated alkanes) is 9. The Kier molecular flexibility index (Phi) is 14.7. The highest BCUT2D eigenvalue weighted by molar-refractivity contribution is 5.94. The van der Waals surface area contributed by atoms with Gasteiger partial charge in [0.25, 0.3) is 5.91 Å². The van der Waals surface area contributed by atoms with E-state index in [9.17, 15) is 9.59 Å². The minimum absolute atomic E-state index is 0.108. The maximum Gasteiger partial charge on any atom is 0.331 e. The number of hydrogen-bond donors (Lipinski definition) is 2. The molecule has 7 heteroatoms. The van der Waals surface area contributed by atoms with Crippen molar-refractivity contribution in [3.05, 3.63) is 70.8 Å². The molecule has 0 spiro atoms. The van der Waals surface area contributed by atoms with E-state index in [0.717, 1.165) is 24.0 Å². The summed E-state index contributed by atoms with van der Waals surface area (Å²) in [5, 5.41) is 22.6. The zero-order valence-electron chi connectivity index (χ0n) is 22.1. The molecule has 0 heterocycles. The molecule has 0 unspecified atom stereocenters. The lowest BCUT2D eigenvalue weighted by Gasteiger charge is -2.21. The molecule has 2 rings (SSSR count). The lowest BCUT2D eigenvalue weighted by Crippen LogP contribution is -2.27. The van der Waals surface area contributed by atoms with Crippen molar-refractivity contribution in [2.75, 3.05) is 13.2 Å². The van der Waals surface area contributed by atoms with Crippen LogP contribution in [0.15, 0.2) is 48.5 Å². The van der Waals surface area contributed by atoms with E-state index in [0.29, 0.717) is 30.8 Å². The molecule has 1 amide bonds. The molecule has 0 fully saturated rings. The number of carbonyl (C=O) groups is 2. The first kappa shape index (κ1) is 30.0. The van der Waals surface area contributed by atoms with Crippen LogP contribution >= 0.6 is 0 Å². The molecule has 0 saturated carbocycles. The predicted octanol–water partition coefficient (Wildman–Crippen LogP) is 6.23. The normalized spacial score (nSPS) is 10.8. The molecule has 0 saturated heterocycles. The Hall–Kier alpha value is -3.21. The predicted molar refractivity (Wildman–Crippen MR) is 145 cm³/mol. The second-order valence-corrected chi connectivity index (χ2v) is 9.41. The fraction of sp³-hybridized carbons (Fsp3) is 0.500. The van der Waals surface area contributed by atoms with Gasteiger partial charge in [-0.2, -0.15) is 10.3 Å². The average molecular weight is 508 g/mol. The van der Waals surface area contributed by atoms with Crippen molar-refractivity contribution in [1.29, 1.82) is 5.26 Å². The van der Waals surface area contributed by atoms with Gasteiger partial charge >= 0.3 is 5.97 Å². The van der Waals surface area contributed by atoms with Gasteiger partial charge in [-0.1, -0.05) is 89.0 Å². The number of amides is 1.